The van der Waals surface area contributed by atoms with Crippen LogP contribution in [0.1, 0.15) is 17.2 Å². The number of halogens is 1. The maximum Gasteiger partial charge on any atom is 0.131 e. The van der Waals surface area contributed by atoms with Crippen molar-refractivity contribution in [2.75, 3.05) is 0 Å². The molecule has 90 valence electrons. The van der Waals surface area contributed by atoms with Crippen LogP contribution in [0.15, 0.2) is 59.4 Å². The Labute approximate surface area is 104 Å². The van der Waals surface area contributed by atoms with Gasteiger partial charge >= 0.3 is 0 Å². The molecule has 0 saturated heterocycles. The molecule has 1 heterocycles. The maximum absolute atomic E-state index is 13.7. The summed E-state index contributed by atoms with van der Waals surface area (Å²) in [5, 5.41) is 1.43. The average Bonchev–Trinajstić information content (AvgIpc) is 2.93. The van der Waals surface area contributed by atoms with Gasteiger partial charge in [0, 0.05) is 10.9 Å². The minimum Gasteiger partial charge on any atom is -0.472 e. The molecule has 0 saturated carbocycles. The van der Waals surface area contributed by atoms with Gasteiger partial charge < -0.3 is 10.2 Å². The van der Waals surface area contributed by atoms with Crippen molar-refractivity contribution in [1.82, 2.24) is 0 Å². The summed E-state index contributed by atoms with van der Waals surface area (Å²) in [5.41, 5.74) is 7.97. The molecule has 3 aromatic rings. The standard InChI is InChI=1S/C15H12FNO/c16-14-6-5-13(11-3-1-2-4-12(11)14)15(17)10-7-8-18-9-10/h1-9,15H,17H2. The van der Waals surface area contributed by atoms with Crippen LogP contribution >= 0.6 is 0 Å². The summed E-state index contributed by atoms with van der Waals surface area (Å²) >= 11 is 0. The molecule has 0 aliphatic carbocycles. The molecule has 18 heavy (non-hydrogen) atoms. The maximum atomic E-state index is 13.7. The van der Waals surface area contributed by atoms with Crippen LogP contribution in [0.2, 0.25) is 0 Å². The molecule has 0 spiro atoms. The van der Waals surface area contributed by atoms with Gasteiger partial charge in [-0.05, 0) is 23.1 Å². The lowest BCUT2D eigenvalue weighted by Crippen LogP contribution is -2.11. The summed E-state index contributed by atoms with van der Waals surface area (Å²) < 4.78 is 18.8. The van der Waals surface area contributed by atoms with Crippen molar-refractivity contribution in [3.8, 4) is 0 Å². The van der Waals surface area contributed by atoms with E-state index in [-0.39, 0.29) is 11.9 Å². The molecule has 0 aliphatic heterocycles. The third-order valence-electron chi connectivity index (χ3n) is 3.14. The Kier molecular flexibility index (Phi) is 2.61. The monoisotopic (exact) mass is 241 g/mol. The molecule has 1 unspecified atom stereocenters. The van der Waals surface area contributed by atoms with E-state index in [1.807, 2.05) is 24.3 Å². The zero-order valence-electron chi connectivity index (χ0n) is 9.64. The van der Waals surface area contributed by atoms with Gasteiger partial charge in [0.05, 0.1) is 18.6 Å². The fraction of sp³-hybridized carbons (Fsp3) is 0.0667. The molecule has 3 rings (SSSR count). The van der Waals surface area contributed by atoms with Crippen LogP contribution in [0.25, 0.3) is 10.8 Å². The van der Waals surface area contributed by atoms with Crippen LogP contribution in [0.3, 0.4) is 0 Å². The van der Waals surface area contributed by atoms with E-state index in [1.54, 1.807) is 24.7 Å². The van der Waals surface area contributed by atoms with Gasteiger partial charge in [-0.2, -0.15) is 0 Å². The minimum atomic E-state index is -0.311. The van der Waals surface area contributed by atoms with Gasteiger partial charge in [-0.25, -0.2) is 4.39 Å². The van der Waals surface area contributed by atoms with Crippen LogP contribution in [0, 0.1) is 5.82 Å². The summed E-state index contributed by atoms with van der Waals surface area (Å²) in [6, 6.07) is 12.0. The zero-order valence-corrected chi connectivity index (χ0v) is 9.64. The molecule has 2 N–H and O–H groups in total. The van der Waals surface area contributed by atoms with Crippen molar-refractivity contribution in [3.05, 3.63) is 71.9 Å². The number of fused-ring (bicyclic) bond motifs is 1. The number of furan rings is 1. The average molecular weight is 241 g/mol. The highest BCUT2D eigenvalue weighted by Gasteiger charge is 2.14. The topological polar surface area (TPSA) is 39.2 Å². The molecular weight excluding hydrogens is 229 g/mol. The SMILES string of the molecule is NC(c1ccoc1)c1ccc(F)c2ccccc12. The predicted octanol–water partition coefficient (Wildman–Crippen LogP) is 3.62. The van der Waals surface area contributed by atoms with Gasteiger partial charge in [-0.3, -0.25) is 0 Å². The van der Waals surface area contributed by atoms with Gasteiger partial charge in [0.15, 0.2) is 0 Å². The highest BCUT2D eigenvalue weighted by Crippen LogP contribution is 2.28. The van der Waals surface area contributed by atoms with E-state index in [0.29, 0.717) is 5.39 Å². The van der Waals surface area contributed by atoms with Gasteiger partial charge in [0.2, 0.25) is 0 Å². The Hall–Kier alpha value is -2.13. The van der Waals surface area contributed by atoms with Crippen molar-refractivity contribution in [2.24, 2.45) is 5.73 Å². The highest BCUT2D eigenvalue weighted by molar-refractivity contribution is 5.87. The lowest BCUT2D eigenvalue weighted by atomic mass is 9.95. The summed E-state index contributed by atoms with van der Waals surface area (Å²) in [7, 11) is 0. The normalized spacial score (nSPS) is 12.8. The zero-order chi connectivity index (χ0) is 12.5. The molecule has 0 amide bonds. The lowest BCUT2D eigenvalue weighted by Gasteiger charge is -2.13. The van der Waals surface area contributed by atoms with E-state index in [9.17, 15) is 4.39 Å². The smallest absolute Gasteiger partial charge is 0.131 e. The van der Waals surface area contributed by atoms with Crippen LogP contribution < -0.4 is 5.73 Å². The number of benzene rings is 2. The first-order valence-electron chi connectivity index (χ1n) is 5.72. The molecule has 0 fully saturated rings. The number of rotatable bonds is 2. The summed E-state index contributed by atoms with van der Waals surface area (Å²) in [6.07, 6.45) is 3.20. The third-order valence-corrected chi connectivity index (χ3v) is 3.14. The Morgan fingerprint density at radius 2 is 1.78 bits per heavy atom. The second-order valence-electron chi connectivity index (χ2n) is 4.22. The van der Waals surface area contributed by atoms with Gasteiger partial charge in [0.1, 0.15) is 5.82 Å². The van der Waals surface area contributed by atoms with Crippen molar-refractivity contribution >= 4 is 10.8 Å². The first-order chi connectivity index (χ1) is 8.77. The molecule has 0 radical (unpaired) electrons. The van der Waals surface area contributed by atoms with Crippen LogP contribution in [-0.4, -0.2) is 0 Å². The Morgan fingerprint density at radius 3 is 2.50 bits per heavy atom. The van der Waals surface area contributed by atoms with Gasteiger partial charge in [-0.1, -0.05) is 30.3 Å². The Bertz CT molecular complexity index is 676. The minimum absolute atomic E-state index is 0.228. The highest BCUT2D eigenvalue weighted by atomic mass is 19.1. The molecule has 0 aliphatic rings. The van der Waals surface area contributed by atoms with E-state index in [1.165, 1.54) is 6.07 Å². The fourth-order valence-electron chi connectivity index (χ4n) is 2.19. The number of nitrogens with two attached hydrogens (primary N) is 1. The van der Waals surface area contributed by atoms with Crippen molar-refractivity contribution < 1.29 is 8.81 Å². The van der Waals surface area contributed by atoms with Crippen LogP contribution in [0.5, 0.6) is 0 Å². The summed E-state index contributed by atoms with van der Waals surface area (Å²) in [6.45, 7) is 0. The first kappa shape index (κ1) is 11.0. The molecular formula is C15H12FNO. The summed E-state index contributed by atoms with van der Waals surface area (Å²) in [5.74, 6) is -0.228. The summed E-state index contributed by atoms with van der Waals surface area (Å²) in [4.78, 5) is 0. The Morgan fingerprint density at radius 1 is 1.00 bits per heavy atom. The number of hydrogen-bond acceptors (Lipinski definition) is 2. The van der Waals surface area contributed by atoms with Crippen LogP contribution in [0.4, 0.5) is 4.39 Å². The van der Waals surface area contributed by atoms with Crippen molar-refractivity contribution in [2.45, 2.75) is 6.04 Å². The van der Waals surface area contributed by atoms with Crippen LogP contribution in [-0.2, 0) is 0 Å². The van der Waals surface area contributed by atoms with E-state index in [0.717, 1.165) is 16.5 Å². The van der Waals surface area contributed by atoms with Crippen molar-refractivity contribution in [1.29, 1.82) is 0 Å². The second-order valence-corrected chi connectivity index (χ2v) is 4.22. The first-order valence-corrected chi connectivity index (χ1v) is 5.72. The molecule has 1 aromatic heterocycles. The van der Waals surface area contributed by atoms with E-state index in [2.05, 4.69) is 0 Å². The lowest BCUT2D eigenvalue weighted by molar-refractivity contribution is 0.562. The molecule has 2 nitrogen and oxygen atoms in total. The van der Waals surface area contributed by atoms with E-state index < -0.39 is 0 Å². The van der Waals surface area contributed by atoms with E-state index >= 15 is 0 Å². The largest absolute Gasteiger partial charge is 0.472 e. The fourth-order valence-corrected chi connectivity index (χ4v) is 2.19. The predicted molar refractivity (Wildman–Crippen MR) is 68.6 cm³/mol. The van der Waals surface area contributed by atoms with Gasteiger partial charge in [0.25, 0.3) is 0 Å². The van der Waals surface area contributed by atoms with E-state index in [4.69, 9.17) is 10.2 Å². The number of hydrogen-bond donors (Lipinski definition) is 1. The molecule has 3 heteroatoms. The van der Waals surface area contributed by atoms with Crippen molar-refractivity contribution in [3.63, 3.8) is 0 Å². The molecule has 2 aromatic carbocycles. The molecule has 1 atom stereocenters. The second kappa shape index (κ2) is 4.27. The third kappa shape index (κ3) is 1.69. The quantitative estimate of drug-likeness (QED) is 0.744. The Balaban J connectivity index is 2.21. The van der Waals surface area contributed by atoms with Gasteiger partial charge in [-0.15, -0.1) is 0 Å². The molecule has 0 bridgehead atoms.